The molecule has 130 valence electrons. The van der Waals surface area contributed by atoms with E-state index in [0.29, 0.717) is 42.4 Å². The summed E-state index contributed by atoms with van der Waals surface area (Å²) in [4.78, 5) is 27.1. The number of rotatable bonds is 3. The van der Waals surface area contributed by atoms with Crippen molar-refractivity contribution in [3.8, 4) is 0 Å². The highest BCUT2D eigenvalue weighted by Gasteiger charge is 2.21. The number of para-hydroxylation sites is 1. The topological polar surface area (TPSA) is 70.7 Å². The van der Waals surface area contributed by atoms with Crippen molar-refractivity contribution in [2.45, 2.75) is 0 Å². The highest BCUT2D eigenvalue weighted by atomic mass is 32.1. The molecule has 0 bridgehead atoms. The summed E-state index contributed by atoms with van der Waals surface area (Å²) in [6, 6.07) is 10.6. The number of hydrogen-bond donors (Lipinski definition) is 2. The van der Waals surface area contributed by atoms with Crippen LogP contribution >= 0.6 is 23.6 Å². The first-order chi connectivity index (χ1) is 12.1. The average molecular weight is 375 g/mol. The first kappa shape index (κ1) is 17.5. The van der Waals surface area contributed by atoms with Crippen LogP contribution in [0.2, 0.25) is 0 Å². The molecule has 25 heavy (non-hydrogen) atoms. The zero-order valence-electron chi connectivity index (χ0n) is 13.4. The minimum atomic E-state index is -0.274. The van der Waals surface area contributed by atoms with Crippen molar-refractivity contribution in [2.24, 2.45) is 0 Å². The quantitative estimate of drug-likeness (QED) is 0.806. The molecule has 0 radical (unpaired) electrons. The number of nitrogens with one attached hydrogen (secondary N) is 2. The number of carbonyl (C=O) groups excluding carboxylic acids is 2. The fourth-order valence-corrected chi connectivity index (χ4v) is 3.26. The van der Waals surface area contributed by atoms with Gasteiger partial charge in [-0.05, 0) is 35.8 Å². The first-order valence-corrected chi connectivity index (χ1v) is 9.06. The van der Waals surface area contributed by atoms with E-state index in [1.54, 1.807) is 35.2 Å². The van der Waals surface area contributed by atoms with Crippen molar-refractivity contribution in [1.29, 1.82) is 0 Å². The lowest BCUT2D eigenvalue weighted by molar-refractivity contribution is 0.0303. The average Bonchev–Trinajstić information content (AvgIpc) is 3.17. The van der Waals surface area contributed by atoms with Crippen LogP contribution in [0.25, 0.3) is 0 Å². The van der Waals surface area contributed by atoms with Crippen LogP contribution in [0, 0.1) is 0 Å². The fourth-order valence-electron chi connectivity index (χ4n) is 2.44. The maximum absolute atomic E-state index is 12.7. The predicted molar refractivity (Wildman–Crippen MR) is 101 cm³/mol. The first-order valence-electron chi connectivity index (χ1n) is 7.77. The molecule has 2 aromatic rings. The zero-order chi connectivity index (χ0) is 17.6. The van der Waals surface area contributed by atoms with Crippen LogP contribution in [-0.4, -0.2) is 48.1 Å². The van der Waals surface area contributed by atoms with E-state index in [4.69, 9.17) is 17.0 Å². The van der Waals surface area contributed by atoms with Crippen LogP contribution in [0.5, 0.6) is 0 Å². The summed E-state index contributed by atoms with van der Waals surface area (Å²) >= 11 is 6.54. The summed E-state index contributed by atoms with van der Waals surface area (Å²) in [5.41, 5.74) is 1.08. The van der Waals surface area contributed by atoms with E-state index in [-0.39, 0.29) is 16.9 Å². The van der Waals surface area contributed by atoms with Crippen LogP contribution in [0.3, 0.4) is 0 Å². The summed E-state index contributed by atoms with van der Waals surface area (Å²) in [6.45, 7) is 2.20. The lowest BCUT2D eigenvalue weighted by Gasteiger charge is -2.27. The van der Waals surface area contributed by atoms with Crippen molar-refractivity contribution in [2.75, 3.05) is 31.6 Å². The Hall–Kier alpha value is -2.29. The molecule has 1 aliphatic rings. The van der Waals surface area contributed by atoms with Gasteiger partial charge in [0.25, 0.3) is 11.8 Å². The predicted octanol–water partition coefficient (Wildman–Crippen LogP) is 2.35. The Morgan fingerprint density at radius 1 is 1.12 bits per heavy atom. The molecule has 1 aromatic carbocycles. The van der Waals surface area contributed by atoms with Gasteiger partial charge >= 0.3 is 0 Å². The van der Waals surface area contributed by atoms with Crippen LogP contribution in [0.1, 0.15) is 20.0 Å². The van der Waals surface area contributed by atoms with E-state index in [0.717, 1.165) is 0 Å². The van der Waals surface area contributed by atoms with E-state index in [1.807, 2.05) is 11.4 Å². The summed E-state index contributed by atoms with van der Waals surface area (Å²) in [5.74, 6) is -0.358. The van der Waals surface area contributed by atoms with Gasteiger partial charge < -0.3 is 15.0 Å². The molecule has 0 atom stereocenters. The molecule has 0 spiro atoms. The lowest BCUT2D eigenvalue weighted by Crippen LogP contribution is -2.41. The van der Waals surface area contributed by atoms with Gasteiger partial charge in [0, 0.05) is 13.1 Å². The van der Waals surface area contributed by atoms with Crippen LogP contribution in [0.15, 0.2) is 41.8 Å². The second kappa shape index (κ2) is 8.19. The number of anilines is 1. The van der Waals surface area contributed by atoms with Gasteiger partial charge in [0.15, 0.2) is 5.11 Å². The molecule has 2 amide bonds. The minimum absolute atomic E-state index is 0.0845. The van der Waals surface area contributed by atoms with Crippen LogP contribution in [0.4, 0.5) is 5.69 Å². The molecular formula is C17H17N3O3S2. The molecule has 2 N–H and O–H groups in total. The van der Waals surface area contributed by atoms with E-state index in [1.165, 1.54) is 11.3 Å². The molecule has 0 unspecified atom stereocenters. The van der Waals surface area contributed by atoms with Gasteiger partial charge in [-0.25, -0.2) is 0 Å². The Balaban J connectivity index is 1.69. The van der Waals surface area contributed by atoms with Gasteiger partial charge in [-0.2, -0.15) is 0 Å². The van der Waals surface area contributed by atoms with Gasteiger partial charge in [-0.3, -0.25) is 14.9 Å². The molecule has 0 saturated carbocycles. The minimum Gasteiger partial charge on any atom is -0.378 e. The van der Waals surface area contributed by atoms with Crippen molar-refractivity contribution in [3.63, 3.8) is 0 Å². The third kappa shape index (κ3) is 4.41. The third-order valence-electron chi connectivity index (χ3n) is 3.68. The molecule has 3 rings (SSSR count). The molecule has 8 heteroatoms. The monoisotopic (exact) mass is 375 g/mol. The maximum Gasteiger partial charge on any atom is 0.267 e. The Labute approximate surface area is 154 Å². The van der Waals surface area contributed by atoms with Gasteiger partial charge in [-0.15, -0.1) is 11.3 Å². The number of thiocarbonyl (C=S) groups is 1. The van der Waals surface area contributed by atoms with Crippen molar-refractivity contribution in [1.82, 2.24) is 10.2 Å². The molecular weight excluding hydrogens is 358 g/mol. The molecule has 6 nitrogen and oxygen atoms in total. The standard InChI is InChI=1S/C17H17N3O3S2/c21-15(14-6-3-11-25-14)19-17(24)18-13-5-2-1-4-12(13)16(22)20-7-9-23-10-8-20/h1-6,11H,7-10H2,(H2,18,19,21,24). The smallest absolute Gasteiger partial charge is 0.267 e. The van der Waals surface area contributed by atoms with Crippen molar-refractivity contribution < 1.29 is 14.3 Å². The summed E-state index contributed by atoms with van der Waals surface area (Å²) < 4.78 is 5.28. The molecule has 1 aliphatic heterocycles. The second-order valence-corrected chi connectivity index (χ2v) is 6.69. The van der Waals surface area contributed by atoms with Crippen LogP contribution in [-0.2, 0) is 4.74 Å². The third-order valence-corrected chi connectivity index (χ3v) is 4.75. The summed E-state index contributed by atoms with van der Waals surface area (Å²) in [6.07, 6.45) is 0. The normalized spacial score (nSPS) is 14.0. The van der Waals surface area contributed by atoms with Crippen molar-refractivity contribution in [3.05, 3.63) is 52.2 Å². The van der Waals surface area contributed by atoms with Gasteiger partial charge in [0.1, 0.15) is 0 Å². The maximum atomic E-state index is 12.7. The summed E-state index contributed by atoms with van der Waals surface area (Å²) in [7, 11) is 0. The number of nitrogens with zero attached hydrogens (tertiary/aromatic N) is 1. The highest BCUT2D eigenvalue weighted by Crippen LogP contribution is 2.18. The van der Waals surface area contributed by atoms with E-state index < -0.39 is 0 Å². The molecule has 0 aliphatic carbocycles. The van der Waals surface area contributed by atoms with Gasteiger partial charge in [0.05, 0.1) is 29.3 Å². The number of ether oxygens (including phenoxy) is 1. The number of thiophene rings is 1. The number of benzene rings is 1. The van der Waals surface area contributed by atoms with E-state index in [9.17, 15) is 9.59 Å². The van der Waals surface area contributed by atoms with Crippen molar-refractivity contribution >= 4 is 46.2 Å². The van der Waals surface area contributed by atoms with Gasteiger partial charge in [0.2, 0.25) is 0 Å². The molecule has 1 fully saturated rings. The molecule has 2 heterocycles. The number of morpholine rings is 1. The highest BCUT2D eigenvalue weighted by molar-refractivity contribution is 7.80. The SMILES string of the molecule is O=C(NC(=S)Nc1ccccc1C(=O)N1CCOCC1)c1cccs1. The van der Waals surface area contributed by atoms with Crippen LogP contribution < -0.4 is 10.6 Å². The summed E-state index contributed by atoms with van der Waals surface area (Å²) in [5, 5.41) is 7.55. The molecule has 1 saturated heterocycles. The van der Waals surface area contributed by atoms with E-state index in [2.05, 4.69) is 10.6 Å². The fraction of sp³-hybridized carbons (Fsp3) is 0.235. The second-order valence-electron chi connectivity index (χ2n) is 5.34. The Bertz CT molecular complexity index is 771. The largest absolute Gasteiger partial charge is 0.378 e. The number of hydrogen-bond acceptors (Lipinski definition) is 5. The van der Waals surface area contributed by atoms with E-state index >= 15 is 0 Å². The Morgan fingerprint density at radius 3 is 2.60 bits per heavy atom. The molecule has 1 aromatic heterocycles. The zero-order valence-corrected chi connectivity index (χ0v) is 15.0. The lowest BCUT2D eigenvalue weighted by atomic mass is 10.1. The van der Waals surface area contributed by atoms with Gasteiger partial charge in [-0.1, -0.05) is 18.2 Å². The Kier molecular flexibility index (Phi) is 5.75. The number of carbonyl (C=O) groups is 2. The Morgan fingerprint density at radius 2 is 1.88 bits per heavy atom. The number of amides is 2.